The molecule has 3 heteroatoms. The Morgan fingerprint density at radius 3 is 2.55 bits per heavy atom. The average Bonchev–Trinajstić information content (AvgIpc) is 2.51. The van der Waals surface area contributed by atoms with Gasteiger partial charge in [-0.15, -0.1) is 0 Å². The van der Waals surface area contributed by atoms with E-state index in [1.807, 2.05) is 30.3 Å². The molecule has 0 aromatic heterocycles. The first-order valence-corrected chi connectivity index (χ1v) is 6.77. The summed E-state index contributed by atoms with van der Waals surface area (Å²) >= 11 is 0. The van der Waals surface area contributed by atoms with Gasteiger partial charge in [-0.3, -0.25) is 0 Å². The quantitative estimate of drug-likeness (QED) is 0.852. The Bertz CT molecular complexity index is 607. The molecule has 0 saturated carbocycles. The Morgan fingerprint density at radius 2 is 1.75 bits per heavy atom. The first kappa shape index (κ1) is 12.9. The molecular formula is C17H16O3. The number of carbonyl (C=O) groups is 1. The molecule has 1 aliphatic carbocycles. The standard InChI is InChI=1S/C17H16O3/c18-16-14-9-5-4-6-12(14)10-11-15(16)20-17(19)13-7-2-1-3-8-13/h1-9,15-16,18H,10-11H2. The molecule has 0 amide bonds. The van der Waals surface area contributed by atoms with Crippen LogP contribution in [-0.2, 0) is 11.2 Å². The minimum Gasteiger partial charge on any atom is -0.456 e. The highest BCUT2D eigenvalue weighted by Crippen LogP contribution is 2.32. The molecule has 0 bridgehead atoms. The largest absolute Gasteiger partial charge is 0.456 e. The van der Waals surface area contributed by atoms with Crippen LogP contribution in [-0.4, -0.2) is 17.2 Å². The maximum atomic E-state index is 12.0. The second-order valence-corrected chi connectivity index (χ2v) is 4.99. The lowest BCUT2D eigenvalue weighted by Gasteiger charge is -2.29. The van der Waals surface area contributed by atoms with Gasteiger partial charge >= 0.3 is 5.97 Å². The third-order valence-corrected chi connectivity index (χ3v) is 3.69. The topological polar surface area (TPSA) is 46.5 Å². The van der Waals surface area contributed by atoms with Crippen LogP contribution in [0.4, 0.5) is 0 Å². The smallest absolute Gasteiger partial charge is 0.338 e. The van der Waals surface area contributed by atoms with Crippen molar-refractivity contribution in [3.05, 3.63) is 71.3 Å². The molecule has 102 valence electrons. The van der Waals surface area contributed by atoms with Crippen molar-refractivity contribution in [2.45, 2.75) is 25.0 Å². The van der Waals surface area contributed by atoms with E-state index >= 15 is 0 Å². The van der Waals surface area contributed by atoms with E-state index < -0.39 is 12.2 Å². The predicted molar refractivity (Wildman–Crippen MR) is 75.4 cm³/mol. The van der Waals surface area contributed by atoms with Crippen molar-refractivity contribution in [1.82, 2.24) is 0 Å². The first-order chi connectivity index (χ1) is 9.75. The van der Waals surface area contributed by atoms with E-state index in [2.05, 4.69) is 0 Å². The monoisotopic (exact) mass is 268 g/mol. The number of carbonyl (C=O) groups excluding carboxylic acids is 1. The number of rotatable bonds is 2. The fourth-order valence-electron chi connectivity index (χ4n) is 2.61. The molecule has 20 heavy (non-hydrogen) atoms. The van der Waals surface area contributed by atoms with Gasteiger partial charge in [0.1, 0.15) is 12.2 Å². The summed E-state index contributed by atoms with van der Waals surface area (Å²) in [7, 11) is 0. The molecule has 1 aliphatic rings. The van der Waals surface area contributed by atoms with Crippen LogP contribution in [0.1, 0.15) is 34.0 Å². The van der Waals surface area contributed by atoms with Gasteiger partial charge in [-0.05, 0) is 36.1 Å². The van der Waals surface area contributed by atoms with Crippen molar-refractivity contribution < 1.29 is 14.6 Å². The van der Waals surface area contributed by atoms with Crippen LogP contribution >= 0.6 is 0 Å². The van der Waals surface area contributed by atoms with Crippen molar-refractivity contribution in [3.8, 4) is 0 Å². The van der Waals surface area contributed by atoms with Crippen molar-refractivity contribution >= 4 is 5.97 Å². The summed E-state index contributed by atoms with van der Waals surface area (Å²) in [5.41, 5.74) is 2.51. The van der Waals surface area contributed by atoms with Crippen LogP contribution in [0.3, 0.4) is 0 Å². The molecule has 2 unspecified atom stereocenters. The van der Waals surface area contributed by atoms with Gasteiger partial charge in [-0.1, -0.05) is 42.5 Å². The van der Waals surface area contributed by atoms with E-state index in [0.717, 1.165) is 17.5 Å². The van der Waals surface area contributed by atoms with E-state index in [4.69, 9.17) is 4.74 Å². The summed E-state index contributed by atoms with van der Waals surface area (Å²) < 4.78 is 5.46. The number of aryl methyl sites for hydroxylation is 1. The molecule has 0 saturated heterocycles. The van der Waals surface area contributed by atoms with Crippen molar-refractivity contribution in [1.29, 1.82) is 0 Å². The van der Waals surface area contributed by atoms with Crippen molar-refractivity contribution in [3.63, 3.8) is 0 Å². The number of esters is 1. The lowest BCUT2D eigenvalue weighted by Crippen LogP contribution is -2.30. The summed E-state index contributed by atoms with van der Waals surface area (Å²) in [6.07, 6.45) is 0.252. The minimum absolute atomic E-state index is 0.381. The lowest BCUT2D eigenvalue weighted by atomic mass is 9.87. The highest BCUT2D eigenvalue weighted by Gasteiger charge is 2.30. The molecule has 0 fully saturated rings. The predicted octanol–water partition coefficient (Wildman–Crippen LogP) is 2.89. The average molecular weight is 268 g/mol. The van der Waals surface area contributed by atoms with Gasteiger partial charge in [0.15, 0.2) is 0 Å². The van der Waals surface area contributed by atoms with Crippen molar-refractivity contribution in [2.75, 3.05) is 0 Å². The SMILES string of the molecule is O=C(OC1CCc2ccccc2C1O)c1ccccc1. The van der Waals surface area contributed by atoms with Crippen LogP contribution in [0.25, 0.3) is 0 Å². The highest BCUT2D eigenvalue weighted by atomic mass is 16.6. The molecular weight excluding hydrogens is 252 g/mol. The fraction of sp³-hybridized carbons (Fsp3) is 0.235. The zero-order valence-electron chi connectivity index (χ0n) is 11.0. The lowest BCUT2D eigenvalue weighted by molar-refractivity contribution is -0.0269. The van der Waals surface area contributed by atoms with Gasteiger partial charge in [-0.2, -0.15) is 0 Å². The second-order valence-electron chi connectivity index (χ2n) is 4.99. The molecule has 3 nitrogen and oxygen atoms in total. The third-order valence-electron chi connectivity index (χ3n) is 3.69. The Hall–Kier alpha value is -2.13. The highest BCUT2D eigenvalue weighted by molar-refractivity contribution is 5.89. The Morgan fingerprint density at radius 1 is 1.05 bits per heavy atom. The van der Waals surface area contributed by atoms with Gasteiger partial charge in [0.05, 0.1) is 5.56 Å². The molecule has 2 aromatic rings. The van der Waals surface area contributed by atoms with E-state index in [9.17, 15) is 9.90 Å². The van der Waals surface area contributed by atoms with Crippen molar-refractivity contribution in [2.24, 2.45) is 0 Å². The van der Waals surface area contributed by atoms with E-state index in [1.54, 1.807) is 24.3 Å². The number of hydrogen-bond acceptors (Lipinski definition) is 3. The molecule has 1 N–H and O–H groups in total. The van der Waals surface area contributed by atoms with Crippen LogP contribution in [0.2, 0.25) is 0 Å². The molecule has 0 spiro atoms. The Kier molecular flexibility index (Phi) is 3.52. The number of benzene rings is 2. The van der Waals surface area contributed by atoms with Crippen LogP contribution < -0.4 is 0 Å². The normalized spacial score (nSPS) is 21.1. The third kappa shape index (κ3) is 2.45. The van der Waals surface area contributed by atoms with E-state index in [-0.39, 0.29) is 5.97 Å². The molecule has 0 aliphatic heterocycles. The summed E-state index contributed by atoms with van der Waals surface area (Å²) in [4.78, 5) is 12.0. The van der Waals surface area contributed by atoms with Gasteiger partial charge in [0, 0.05) is 0 Å². The Balaban J connectivity index is 1.75. The fourth-order valence-corrected chi connectivity index (χ4v) is 2.61. The van der Waals surface area contributed by atoms with E-state index in [0.29, 0.717) is 12.0 Å². The van der Waals surface area contributed by atoms with Gasteiger partial charge in [0.2, 0.25) is 0 Å². The van der Waals surface area contributed by atoms with Crippen LogP contribution in [0, 0.1) is 0 Å². The van der Waals surface area contributed by atoms with Crippen LogP contribution in [0.15, 0.2) is 54.6 Å². The van der Waals surface area contributed by atoms with Gasteiger partial charge in [0.25, 0.3) is 0 Å². The number of hydrogen-bond donors (Lipinski definition) is 1. The maximum Gasteiger partial charge on any atom is 0.338 e. The first-order valence-electron chi connectivity index (χ1n) is 6.77. The molecule has 0 heterocycles. The molecule has 0 radical (unpaired) electrons. The Labute approximate surface area is 117 Å². The minimum atomic E-state index is -0.743. The van der Waals surface area contributed by atoms with Gasteiger partial charge in [-0.25, -0.2) is 4.79 Å². The number of aliphatic hydroxyl groups is 1. The zero-order valence-corrected chi connectivity index (χ0v) is 11.0. The molecule has 2 atom stereocenters. The number of fused-ring (bicyclic) bond motifs is 1. The van der Waals surface area contributed by atoms with Crippen LogP contribution in [0.5, 0.6) is 0 Å². The van der Waals surface area contributed by atoms with E-state index in [1.165, 1.54) is 0 Å². The van der Waals surface area contributed by atoms with Gasteiger partial charge < -0.3 is 9.84 Å². The number of aliphatic hydroxyl groups excluding tert-OH is 1. The second kappa shape index (κ2) is 5.47. The number of ether oxygens (including phenoxy) is 1. The maximum absolute atomic E-state index is 12.0. The summed E-state index contributed by atoms with van der Waals surface area (Å²) in [6, 6.07) is 16.6. The summed E-state index contributed by atoms with van der Waals surface area (Å²) in [6.45, 7) is 0. The summed E-state index contributed by atoms with van der Waals surface area (Å²) in [5.74, 6) is -0.381. The zero-order chi connectivity index (χ0) is 13.9. The molecule has 3 rings (SSSR count). The molecule has 2 aromatic carbocycles. The summed E-state index contributed by atoms with van der Waals surface area (Å²) in [5, 5.41) is 10.3.